The Labute approximate surface area is 133 Å². The zero-order valence-electron chi connectivity index (χ0n) is 13.8. The van der Waals surface area contributed by atoms with Gasteiger partial charge in [0.15, 0.2) is 9.84 Å². The summed E-state index contributed by atoms with van der Waals surface area (Å²) >= 11 is 0. The number of nitrogens with zero attached hydrogens (tertiary/aromatic N) is 1. The van der Waals surface area contributed by atoms with E-state index in [-0.39, 0.29) is 17.9 Å². The van der Waals surface area contributed by atoms with Gasteiger partial charge >= 0.3 is 6.09 Å². The van der Waals surface area contributed by atoms with Gasteiger partial charge in [0.1, 0.15) is 5.60 Å². The average molecular weight is 332 g/mol. The van der Waals surface area contributed by atoms with Crippen molar-refractivity contribution in [2.24, 2.45) is 5.92 Å². The molecular weight excluding hydrogens is 304 g/mol. The van der Waals surface area contributed by atoms with Crippen molar-refractivity contribution >= 4 is 15.9 Å². The third-order valence-electron chi connectivity index (χ3n) is 3.93. The Balaban J connectivity index is 1.90. The van der Waals surface area contributed by atoms with Crippen LogP contribution in [-0.4, -0.2) is 62.2 Å². The van der Waals surface area contributed by atoms with E-state index >= 15 is 0 Å². The molecule has 1 aliphatic carbocycles. The minimum Gasteiger partial charge on any atom is -0.444 e. The summed E-state index contributed by atoms with van der Waals surface area (Å²) in [5, 5.41) is 3.23. The van der Waals surface area contributed by atoms with Crippen LogP contribution in [0, 0.1) is 5.92 Å². The second-order valence-electron chi connectivity index (χ2n) is 7.38. The lowest BCUT2D eigenvalue weighted by molar-refractivity contribution is 0.0118. The molecule has 1 amide bonds. The highest BCUT2D eigenvalue weighted by Crippen LogP contribution is 2.30. The van der Waals surface area contributed by atoms with Gasteiger partial charge in [-0.2, -0.15) is 0 Å². The predicted molar refractivity (Wildman–Crippen MR) is 85.6 cm³/mol. The molecule has 0 unspecified atom stereocenters. The van der Waals surface area contributed by atoms with Crippen LogP contribution < -0.4 is 5.32 Å². The van der Waals surface area contributed by atoms with E-state index in [2.05, 4.69) is 5.32 Å². The molecule has 0 spiro atoms. The van der Waals surface area contributed by atoms with E-state index < -0.39 is 15.4 Å². The Hall–Kier alpha value is -0.820. The monoisotopic (exact) mass is 332 g/mol. The molecule has 22 heavy (non-hydrogen) atoms. The summed E-state index contributed by atoms with van der Waals surface area (Å²) in [7, 11) is -3.01. The normalized spacial score (nSPS) is 23.4. The van der Waals surface area contributed by atoms with E-state index in [9.17, 15) is 13.2 Å². The fourth-order valence-corrected chi connectivity index (χ4v) is 4.47. The SMILES string of the molecule is CC(C)(C)OC(=O)N1CCNC[C@H]1CCS(=O)(=O)CC1CC1. The minimum absolute atomic E-state index is 0.113. The number of hydrogen-bond acceptors (Lipinski definition) is 5. The van der Waals surface area contributed by atoms with Crippen LogP contribution in [-0.2, 0) is 14.6 Å². The lowest BCUT2D eigenvalue weighted by Crippen LogP contribution is -2.55. The molecule has 1 N–H and O–H groups in total. The predicted octanol–water partition coefficient (Wildman–Crippen LogP) is 1.41. The van der Waals surface area contributed by atoms with Crippen molar-refractivity contribution < 1.29 is 17.9 Å². The van der Waals surface area contributed by atoms with Crippen molar-refractivity contribution in [3.8, 4) is 0 Å². The van der Waals surface area contributed by atoms with Crippen LogP contribution >= 0.6 is 0 Å². The number of hydrogen-bond donors (Lipinski definition) is 1. The fraction of sp³-hybridized carbons (Fsp3) is 0.933. The Morgan fingerprint density at radius 3 is 2.59 bits per heavy atom. The van der Waals surface area contributed by atoms with E-state index in [1.165, 1.54) is 0 Å². The first-order chi connectivity index (χ1) is 10.2. The van der Waals surface area contributed by atoms with Crippen molar-refractivity contribution in [3.63, 3.8) is 0 Å². The smallest absolute Gasteiger partial charge is 0.410 e. The van der Waals surface area contributed by atoms with E-state index in [0.29, 0.717) is 37.7 Å². The van der Waals surface area contributed by atoms with Crippen molar-refractivity contribution in [2.45, 2.75) is 51.7 Å². The van der Waals surface area contributed by atoms with E-state index in [0.717, 1.165) is 12.8 Å². The molecule has 6 nitrogen and oxygen atoms in total. The second kappa shape index (κ2) is 6.74. The summed E-state index contributed by atoms with van der Waals surface area (Å²) < 4.78 is 29.6. The third kappa shape index (κ3) is 5.76. The summed E-state index contributed by atoms with van der Waals surface area (Å²) in [6, 6.07) is -0.113. The first-order valence-electron chi connectivity index (χ1n) is 8.07. The lowest BCUT2D eigenvalue weighted by atomic mass is 10.1. The van der Waals surface area contributed by atoms with Crippen LogP contribution in [0.1, 0.15) is 40.0 Å². The molecular formula is C15H28N2O4S. The maximum absolute atomic E-state index is 12.3. The Bertz CT molecular complexity index is 494. The molecule has 2 rings (SSSR count). The molecule has 1 heterocycles. The molecule has 1 atom stereocenters. The Morgan fingerprint density at radius 1 is 1.32 bits per heavy atom. The molecule has 7 heteroatoms. The molecule has 1 saturated heterocycles. The van der Waals surface area contributed by atoms with E-state index in [1.807, 2.05) is 20.8 Å². The number of sulfone groups is 1. The van der Waals surface area contributed by atoms with Crippen molar-refractivity contribution in [1.29, 1.82) is 0 Å². The van der Waals surface area contributed by atoms with Gasteiger partial charge in [0.2, 0.25) is 0 Å². The van der Waals surface area contributed by atoms with Crippen LogP contribution in [0.2, 0.25) is 0 Å². The number of amides is 1. The molecule has 0 aromatic rings. The van der Waals surface area contributed by atoms with Crippen LogP contribution in [0.25, 0.3) is 0 Å². The van der Waals surface area contributed by atoms with Crippen molar-refractivity contribution in [3.05, 3.63) is 0 Å². The Kier molecular flexibility index (Phi) is 5.37. The molecule has 0 aromatic carbocycles. The molecule has 0 radical (unpaired) electrons. The largest absolute Gasteiger partial charge is 0.444 e. The van der Waals surface area contributed by atoms with Gasteiger partial charge in [0.25, 0.3) is 0 Å². The van der Waals surface area contributed by atoms with Gasteiger partial charge in [-0.25, -0.2) is 13.2 Å². The molecule has 1 aliphatic heterocycles. The van der Waals surface area contributed by atoms with Crippen LogP contribution in [0.4, 0.5) is 4.79 Å². The molecule has 0 bridgehead atoms. The topological polar surface area (TPSA) is 75.7 Å². The summed E-state index contributed by atoms with van der Waals surface area (Å²) in [5.41, 5.74) is -0.537. The lowest BCUT2D eigenvalue weighted by Gasteiger charge is -2.37. The first-order valence-corrected chi connectivity index (χ1v) is 9.89. The molecule has 128 valence electrons. The molecule has 0 aromatic heterocycles. The third-order valence-corrected chi connectivity index (χ3v) is 5.76. The maximum atomic E-state index is 12.3. The van der Waals surface area contributed by atoms with Crippen LogP contribution in [0.3, 0.4) is 0 Å². The van der Waals surface area contributed by atoms with Gasteiger partial charge in [-0.3, -0.25) is 0 Å². The summed E-state index contributed by atoms with van der Waals surface area (Å²) in [5.74, 6) is 0.825. The second-order valence-corrected chi connectivity index (χ2v) is 9.61. The summed E-state index contributed by atoms with van der Waals surface area (Å²) in [6.07, 6.45) is 2.20. The van der Waals surface area contributed by atoms with Gasteiger partial charge in [-0.15, -0.1) is 0 Å². The highest BCUT2D eigenvalue weighted by molar-refractivity contribution is 7.91. The Morgan fingerprint density at radius 2 is 2.00 bits per heavy atom. The van der Waals surface area contributed by atoms with E-state index in [1.54, 1.807) is 4.90 Å². The van der Waals surface area contributed by atoms with Gasteiger partial charge in [0.05, 0.1) is 11.5 Å². The fourth-order valence-electron chi connectivity index (χ4n) is 2.62. The molecule has 1 saturated carbocycles. The number of carbonyl (C=O) groups excluding carboxylic acids is 1. The zero-order chi connectivity index (χ0) is 16.4. The highest BCUT2D eigenvalue weighted by Gasteiger charge is 2.33. The summed E-state index contributed by atoms with van der Waals surface area (Å²) in [4.78, 5) is 13.9. The average Bonchev–Trinajstić information content (AvgIpc) is 3.18. The minimum atomic E-state index is -3.01. The van der Waals surface area contributed by atoms with E-state index in [4.69, 9.17) is 4.74 Å². The quantitative estimate of drug-likeness (QED) is 0.824. The van der Waals surface area contributed by atoms with Gasteiger partial charge in [-0.1, -0.05) is 0 Å². The molecule has 2 fully saturated rings. The maximum Gasteiger partial charge on any atom is 0.410 e. The number of rotatable bonds is 5. The highest BCUT2D eigenvalue weighted by atomic mass is 32.2. The standard InChI is InChI=1S/C15H28N2O4S/c1-15(2,3)21-14(18)17-8-7-16-10-13(17)6-9-22(19,20)11-12-4-5-12/h12-13,16H,4-11H2,1-3H3/t13-/m1/s1. The van der Waals surface area contributed by atoms with Crippen molar-refractivity contribution in [2.75, 3.05) is 31.1 Å². The van der Waals surface area contributed by atoms with Gasteiger partial charge < -0.3 is 15.0 Å². The van der Waals surface area contributed by atoms with Crippen LogP contribution in [0.5, 0.6) is 0 Å². The van der Waals surface area contributed by atoms with Crippen molar-refractivity contribution in [1.82, 2.24) is 10.2 Å². The first kappa shape index (κ1) is 17.5. The summed E-state index contributed by atoms with van der Waals surface area (Å²) in [6.45, 7) is 7.40. The number of piperazine rings is 1. The number of nitrogens with one attached hydrogen (secondary N) is 1. The van der Waals surface area contributed by atoms with Gasteiger partial charge in [0, 0.05) is 25.7 Å². The number of ether oxygens (including phenoxy) is 1. The zero-order valence-corrected chi connectivity index (χ0v) is 14.6. The van der Waals surface area contributed by atoms with Crippen LogP contribution in [0.15, 0.2) is 0 Å². The molecule has 2 aliphatic rings. The van der Waals surface area contributed by atoms with Gasteiger partial charge in [-0.05, 0) is 46.0 Å². The number of carbonyl (C=O) groups is 1.